The van der Waals surface area contributed by atoms with E-state index in [0.29, 0.717) is 0 Å². The highest BCUT2D eigenvalue weighted by Gasteiger charge is 2.40. The highest BCUT2D eigenvalue weighted by molar-refractivity contribution is 4.91. The van der Waals surface area contributed by atoms with Crippen molar-refractivity contribution in [2.45, 2.75) is 46.5 Å². The molecule has 2 heterocycles. The van der Waals surface area contributed by atoms with Crippen molar-refractivity contribution < 1.29 is 4.74 Å². The first kappa shape index (κ1) is 18.7. The first-order chi connectivity index (χ1) is 9.25. The van der Waals surface area contributed by atoms with Gasteiger partial charge in [-0.3, -0.25) is 0 Å². The summed E-state index contributed by atoms with van der Waals surface area (Å²) in [6, 6.07) is 0. The lowest BCUT2D eigenvalue weighted by molar-refractivity contribution is 0.0716. The molecule has 0 aromatic heterocycles. The van der Waals surface area contributed by atoms with Gasteiger partial charge in [0.25, 0.3) is 0 Å². The van der Waals surface area contributed by atoms with Gasteiger partial charge in [-0.2, -0.15) is 0 Å². The zero-order valence-corrected chi connectivity index (χ0v) is 13.7. The van der Waals surface area contributed by atoms with E-state index < -0.39 is 0 Å². The van der Waals surface area contributed by atoms with Crippen LogP contribution in [0, 0.1) is 17.8 Å². The van der Waals surface area contributed by atoms with Crippen LogP contribution in [0.1, 0.15) is 46.5 Å². The molecule has 0 aromatic carbocycles. The fourth-order valence-corrected chi connectivity index (χ4v) is 2.58. The molecular formula is C17H35NO. The summed E-state index contributed by atoms with van der Waals surface area (Å²) in [5, 5.41) is 0. The SMILES string of the molecule is C=C.CC.CC1CCOCC1.CN1CC[C@@H]2C[C@@H]2C1. The number of fused-ring (bicyclic) bond motifs is 1. The minimum Gasteiger partial charge on any atom is -0.381 e. The Bertz CT molecular complexity index is 201. The van der Waals surface area contributed by atoms with Crippen LogP contribution in [-0.2, 0) is 4.74 Å². The minimum atomic E-state index is 0.911. The molecule has 0 unspecified atom stereocenters. The zero-order valence-electron chi connectivity index (χ0n) is 13.7. The summed E-state index contributed by atoms with van der Waals surface area (Å²) in [4.78, 5) is 2.45. The third-order valence-electron chi connectivity index (χ3n) is 4.01. The molecule has 0 spiro atoms. The van der Waals surface area contributed by atoms with Gasteiger partial charge in [0, 0.05) is 19.8 Å². The normalized spacial score (nSPS) is 29.3. The lowest BCUT2D eigenvalue weighted by Crippen LogP contribution is -2.26. The zero-order chi connectivity index (χ0) is 14.7. The highest BCUT2D eigenvalue weighted by Crippen LogP contribution is 2.44. The van der Waals surface area contributed by atoms with Gasteiger partial charge in [0.05, 0.1) is 0 Å². The van der Waals surface area contributed by atoms with E-state index in [4.69, 9.17) is 4.74 Å². The second-order valence-electron chi connectivity index (χ2n) is 5.60. The molecule has 0 amide bonds. The van der Waals surface area contributed by atoms with Crippen LogP contribution in [-0.4, -0.2) is 38.3 Å². The first-order valence-corrected chi connectivity index (χ1v) is 8.02. The Morgan fingerprint density at radius 2 is 1.58 bits per heavy atom. The molecule has 0 aromatic rings. The average Bonchev–Trinajstić information content (AvgIpc) is 3.23. The van der Waals surface area contributed by atoms with E-state index >= 15 is 0 Å². The van der Waals surface area contributed by atoms with Crippen LogP contribution in [0.4, 0.5) is 0 Å². The molecule has 0 N–H and O–H groups in total. The molecule has 0 radical (unpaired) electrons. The van der Waals surface area contributed by atoms with Crippen molar-refractivity contribution in [3.8, 4) is 0 Å². The van der Waals surface area contributed by atoms with Crippen molar-refractivity contribution in [1.29, 1.82) is 0 Å². The highest BCUT2D eigenvalue weighted by atomic mass is 16.5. The minimum absolute atomic E-state index is 0.911. The maximum Gasteiger partial charge on any atom is 0.0468 e. The van der Waals surface area contributed by atoms with Gasteiger partial charge >= 0.3 is 0 Å². The Morgan fingerprint density at radius 1 is 1.00 bits per heavy atom. The summed E-state index contributed by atoms with van der Waals surface area (Å²) in [6.07, 6.45) is 5.53. The number of hydrogen-bond donors (Lipinski definition) is 0. The van der Waals surface area contributed by atoms with Crippen molar-refractivity contribution in [3.05, 3.63) is 13.2 Å². The third-order valence-corrected chi connectivity index (χ3v) is 4.01. The number of piperidine rings is 1. The van der Waals surface area contributed by atoms with Crippen LogP contribution in [0.25, 0.3) is 0 Å². The van der Waals surface area contributed by atoms with E-state index in [1.54, 1.807) is 0 Å². The second-order valence-corrected chi connectivity index (χ2v) is 5.60. The van der Waals surface area contributed by atoms with Crippen molar-refractivity contribution in [1.82, 2.24) is 4.90 Å². The number of ether oxygens (including phenoxy) is 1. The quantitative estimate of drug-likeness (QED) is 0.611. The molecule has 2 atom stereocenters. The van der Waals surface area contributed by atoms with Crippen molar-refractivity contribution in [2.24, 2.45) is 17.8 Å². The van der Waals surface area contributed by atoms with Gasteiger partial charge in [-0.15, -0.1) is 13.2 Å². The van der Waals surface area contributed by atoms with Gasteiger partial charge in [-0.1, -0.05) is 20.8 Å². The molecule has 1 aliphatic carbocycles. The molecule has 3 rings (SSSR count). The molecule has 2 saturated heterocycles. The Labute approximate surface area is 121 Å². The smallest absolute Gasteiger partial charge is 0.0468 e. The summed E-state index contributed by atoms with van der Waals surface area (Å²) in [5.41, 5.74) is 0. The maximum atomic E-state index is 5.14. The first-order valence-electron chi connectivity index (χ1n) is 8.02. The predicted octanol–water partition coefficient (Wildman–Crippen LogP) is 4.22. The average molecular weight is 269 g/mol. The van der Waals surface area contributed by atoms with Crippen LogP contribution in [0.5, 0.6) is 0 Å². The van der Waals surface area contributed by atoms with Crippen molar-refractivity contribution >= 4 is 0 Å². The molecule has 2 heteroatoms. The lowest BCUT2D eigenvalue weighted by Gasteiger charge is -2.20. The largest absolute Gasteiger partial charge is 0.381 e. The molecule has 1 saturated carbocycles. The Hall–Kier alpha value is -0.340. The van der Waals surface area contributed by atoms with Crippen LogP contribution in [0.15, 0.2) is 13.2 Å². The molecule has 2 aliphatic heterocycles. The topological polar surface area (TPSA) is 12.5 Å². The fourth-order valence-electron chi connectivity index (χ4n) is 2.58. The summed E-state index contributed by atoms with van der Waals surface area (Å²) in [6.45, 7) is 17.0. The number of hydrogen-bond acceptors (Lipinski definition) is 2. The number of rotatable bonds is 0. The Morgan fingerprint density at radius 3 is 1.95 bits per heavy atom. The lowest BCUT2D eigenvalue weighted by atomic mass is 10.0. The van der Waals surface area contributed by atoms with E-state index in [-0.39, 0.29) is 0 Å². The van der Waals surface area contributed by atoms with Gasteiger partial charge < -0.3 is 9.64 Å². The molecular weight excluding hydrogens is 234 g/mol. The number of likely N-dealkylation sites (tertiary alicyclic amines) is 1. The van der Waals surface area contributed by atoms with Crippen molar-refractivity contribution in [3.63, 3.8) is 0 Å². The van der Waals surface area contributed by atoms with Crippen LogP contribution in [0.3, 0.4) is 0 Å². The second kappa shape index (κ2) is 11.5. The van der Waals surface area contributed by atoms with Gasteiger partial charge in [0.2, 0.25) is 0 Å². The number of nitrogens with zero attached hydrogens (tertiary/aromatic N) is 1. The Kier molecular flexibility index (Phi) is 11.3. The van der Waals surface area contributed by atoms with E-state index in [2.05, 4.69) is 32.0 Å². The molecule has 2 nitrogen and oxygen atoms in total. The van der Waals surface area contributed by atoms with E-state index in [1.165, 1.54) is 38.8 Å². The molecule has 3 aliphatic rings. The van der Waals surface area contributed by atoms with Crippen LogP contribution >= 0.6 is 0 Å². The van der Waals surface area contributed by atoms with Gasteiger partial charge in [0.1, 0.15) is 0 Å². The Balaban J connectivity index is 0.000000273. The summed E-state index contributed by atoms with van der Waals surface area (Å²) >= 11 is 0. The molecule has 114 valence electrons. The van der Waals surface area contributed by atoms with Gasteiger partial charge in [-0.25, -0.2) is 0 Å². The molecule has 19 heavy (non-hydrogen) atoms. The van der Waals surface area contributed by atoms with E-state index in [1.807, 2.05) is 13.8 Å². The van der Waals surface area contributed by atoms with E-state index in [9.17, 15) is 0 Å². The maximum absolute atomic E-state index is 5.14. The summed E-state index contributed by atoms with van der Waals surface area (Å²) in [5.74, 6) is 3.16. The molecule has 0 bridgehead atoms. The standard InChI is InChI=1S/C7H13N.C6H12O.C2H6.C2H4/c1-8-3-2-6-4-7(6)5-8;1-6-2-4-7-5-3-6;2*1-2/h6-7H,2-5H2,1H3;6H,2-5H2,1H3;1-2H3;1-2H2/t6-,7-;;;/m1.../s1. The summed E-state index contributed by atoms with van der Waals surface area (Å²) in [7, 11) is 2.23. The summed E-state index contributed by atoms with van der Waals surface area (Å²) < 4.78 is 5.14. The molecule has 3 fully saturated rings. The van der Waals surface area contributed by atoms with Gasteiger partial charge in [0.15, 0.2) is 0 Å². The van der Waals surface area contributed by atoms with E-state index in [0.717, 1.165) is 31.0 Å². The van der Waals surface area contributed by atoms with Gasteiger partial charge in [-0.05, 0) is 57.0 Å². The third kappa shape index (κ3) is 8.43. The monoisotopic (exact) mass is 269 g/mol. The van der Waals surface area contributed by atoms with Crippen LogP contribution in [0.2, 0.25) is 0 Å². The van der Waals surface area contributed by atoms with Crippen LogP contribution < -0.4 is 0 Å². The fraction of sp³-hybridized carbons (Fsp3) is 0.882. The van der Waals surface area contributed by atoms with Crippen molar-refractivity contribution in [2.75, 3.05) is 33.4 Å². The predicted molar refractivity (Wildman–Crippen MR) is 85.5 cm³/mol.